The van der Waals surface area contributed by atoms with Crippen LogP contribution in [0, 0.1) is 0 Å². The van der Waals surface area contributed by atoms with E-state index >= 15 is 0 Å². The molecule has 2 N–H and O–H groups in total. The lowest BCUT2D eigenvalue weighted by atomic mass is 10.1. The lowest BCUT2D eigenvalue weighted by Gasteiger charge is -2.11. The molecule has 2 heterocycles. The molecule has 0 saturated heterocycles. The van der Waals surface area contributed by atoms with Crippen LogP contribution in [0.5, 0.6) is 0 Å². The SMILES string of the molecule is CN=C(NCCCn1ccc2ccccc21)NCc1cc(C(C)C)no1. The molecule has 0 aliphatic carbocycles. The number of benzene rings is 1. The van der Waals surface area contributed by atoms with E-state index in [-0.39, 0.29) is 0 Å². The number of hydrogen-bond donors (Lipinski definition) is 2. The molecule has 0 aliphatic rings. The second-order valence-electron chi connectivity index (χ2n) is 6.65. The summed E-state index contributed by atoms with van der Waals surface area (Å²) in [6, 6.07) is 12.6. The summed E-state index contributed by atoms with van der Waals surface area (Å²) in [7, 11) is 1.77. The van der Waals surface area contributed by atoms with E-state index < -0.39 is 0 Å². The molecule has 3 rings (SSSR count). The Bertz CT molecular complexity index is 862. The Morgan fingerprint density at radius 1 is 1.23 bits per heavy atom. The zero-order chi connectivity index (χ0) is 18.4. The van der Waals surface area contributed by atoms with Crippen LogP contribution in [0.15, 0.2) is 52.1 Å². The second kappa shape index (κ2) is 8.56. The molecule has 0 atom stereocenters. The van der Waals surface area contributed by atoms with Crippen molar-refractivity contribution in [2.75, 3.05) is 13.6 Å². The fourth-order valence-corrected chi connectivity index (χ4v) is 2.87. The van der Waals surface area contributed by atoms with Crippen LogP contribution in [0.3, 0.4) is 0 Å². The Kier molecular flexibility index (Phi) is 5.94. The van der Waals surface area contributed by atoms with Crippen LogP contribution in [-0.4, -0.2) is 29.3 Å². The molecule has 6 heteroatoms. The van der Waals surface area contributed by atoms with E-state index in [9.17, 15) is 0 Å². The van der Waals surface area contributed by atoms with Gasteiger partial charge >= 0.3 is 0 Å². The molecule has 0 aliphatic heterocycles. The number of fused-ring (bicyclic) bond motifs is 1. The van der Waals surface area contributed by atoms with Crippen molar-refractivity contribution < 1.29 is 4.52 Å². The quantitative estimate of drug-likeness (QED) is 0.387. The summed E-state index contributed by atoms with van der Waals surface area (Å²) < 4.78 is 7.62. The van der Waals surface area contributed by atoms with Gasteiger partial charge in [-0.3, -0.25) is 4.99 Å². The second-order valence-corrected chi connectivity index (χ2v) is 6.65. The average Bonchev–Trinajstić information content (AvgIpc) is 3.28. The first-order chi connectivity index (χ1) is 12.7. The van der Waals surface area contributed by atoms with E-state index in [1.165, 1.54) is 10.9 Å². The number of nitrogens with zero attached hydrogens (tertiary/aromatic N) is 3. The maximum absolute atomic E-state index is 5.34. The van der Waals surface area contributed by atoms with Crippen molar-refractivity contribution in [3.8, 4) is 0 Å². The summed E-state index contributed by atoms with van der Waals surface area (Å²) in [4.78, 5) is 4.26. The molecule has 0 fully saturated rings. The van der Waals surface area contributed by atoms with Crippen molar-refractivity contribution in [2.45, 2.75) is 39.3 Å². The van der Waals surface area contributed by atoms with Crippen LogP contribution >= 0.6 is 0 Å². The highest BCUT2D eigenvalue weighted by atomic mass is 16.5. The number of aryl methyl sites for hydroxylation is 1. The highest BCUT2D eigenvalue weighted by molar-refractivity contribution is 5.80. The fourth-order valence-electron chi connectivity index (χ4n) is 2.87. The van der Waals surface area contributed by atoms with Crippen LogP contribution in [0.4, 0.5) is 0 Å². The topological polar surface area (TPSA) is 67.4 Å². The number of rotatable bonds is 7. The predicted octanol–water partition coefficient (Wildman–Crippen LogP) is 3.51. The molecular formula is C20H27N5O. The Labute approximate surface area is 154 Å². The number of para-hydroxylation sites is 1. The van der Waals surface area contributed by atoms with Crippen molar-refractivity contribution in [1.82, 2.24) is 20.4 Å². The third kappa shape index (κ3) is 4.45. The van der Waals surface area contributed by atoms with E-state index in [1.807, 2.05) is 6.07 Å². The third-order valence-corrected chi connectivity index (χ3v) is 4.37. The average molecular weight is 353 g/mol. The molecule has 1 aromatic carbocycles. The lowest BCUT2D eigenvalue weighted by Crippen LogP contribution is -2.37. The molecule has 0 unspecified atom stereocenters. The first-order valence-corrected chi connectivity index (χ1v) is 9.11. The largest absolute Gasteiger partial charge is 0.359 e. The maximum Gasteiger partial charge on any atom is 0.191 e. The highest BCUT2D eigenvalue weighted by Crippen LogP contribution is 2.15. The van der Waals surface area contributed by atoms with Gasteiger partial charge in [0.2, 0.25) is 0 Å². The summed E-state index contributed by atoms with van der Waals surface area (Å²) in [6.07, 6.45) is 3.16. The van der Waals surface area contributed by atoms with Gasteiger partial charge in [0.25, 0.3) is 0 Å². The van der Waals surface area contributed by atoms with Gasteiger partial charge in [-0.05, 0) is 29.9 Å². The van der Waals surface area contributed by atoms with Crippen molar-refractivity contribution in [1.29, 1.82) is 0 Å². The van der Waals surface area contributed by atoms with Gasteiger partial charge in [-0.15, -0.1) is 0 Å². The zero-order valence-corrected chi connectivity index (χ0v) is 15.7. The molecule has 26 heavy (non-hydrogen) atoms. The Morgan fingerprint density at radius 3 is 2.85 bits per heavy atom. The number of hydrogen-bond acceptors (Lipinski definition) is 3. The van der Waals surface area contributed by atoms with E-state index in [0.29, 0.717) is 12.5 Å². The van der Waals surface area contributed by atoms with E-state index in [2.05, 4.69) is 75.7 Å². The Hall–Kier alpha value is -2.76. The van der Waals surface area contributed by atoms with Gasteiger partial charge in [0.1, 0.15) is 0 Å². The fraction of sp³-hybridized carbons (Fsp3) is 0.400. The minimum absolute atomic E-state index is 0.370. The molecule has 3 aromatic rings. The molecule has 2 aromatic heterocycles. The summed E-state index contributed by atoms with van der Waals surface area (Å²) >= 11 is 0. The summed E-state index contributed by atoms with van der Waals surface area (Å²) in [5.74, 6) is 1.95. The van der Waals surface area contributed by atoms with Gasteiger partial charge in [0, 0.05) is 37.9 Å². The number of guanidine groups is 1. The summed E-state index contributed by atoms with van der Waals surface area (Å²) in [6.45, 7) is 6.59. The highest BCUT2D eigenvalue weighted by Gasteiger charge is 2.08. The molecule has 0 amide bonds. The summed E-state index contributed by atoms with van der Waals surface area (Å²) in [5, 5.41) is 12.0. The Morgan fingerprint density at radius 2 is 2.08 bits per heavy atom. The smallest absolute Gasteiger partial charge is 0.191 e. The van der Waals surface area contributed by atoms with Gasteiger partial charge in [0.15, 0.2) is 11.7 Å². The van der Waals surface area contributed by atoms with Gasteiger partial charge < -0.3 is 19.7 Å². The summed E-state index contributed by atoms with van der Waals surface area (Å²) in [5.41, 5.74) is 2.25. The molecule has 6 nitrogen and oxygen atoms in total. The van der Waals surface area contributed by atoms with E-state index in [0.717, 1.165) is 36.9 Å². The monoisotopic (exact) mass is 353 g/mol. The van der Waals surface area contributed by atoms with Crippen molar-refractivity contribution in [3.05, 3.63) is 54.0 Å². The lowest BCUT2D eigenvalue weighted by molar-refractivity contribution is 0.372. The predicted molar refractivity (Wildman–Crippen MR) is 105 cm³/mol. The molecule has 138 valence electrons. The van der Waals surface area contributed by atoms with Crippen LogP contribution in [0.2, 0.25) is 0 Å². The maximum atomic E-state index is 5.34. The van der Waals surface area contributed by atoms with Crippen LogP contribution < -0.4 is 10.6 Å². The van der Waals surface area contributed by atoms with Crippen molar-refractivity contribution >= 4 is 16.9 Å². The minimum atomic E-state index is 0.370. The van der Waals surface area contributed by atoms with Crippen LogP contribution in [-0.2, 0) is 13.1 Å². The normalized spacial score (nSPS) is 12.1. The number of nitrogens with one attached hydrogen (secondary N) is 2. The zero-order valence-electron chi connectivity index (χ0n) is 15.7. The van der Waals surface area contributed by atoms with Crippen molar-refractivity contribution in [3.63, 3.8) is 0 Å². The number of aromatic nitrogens is 2. The van der Waals surface area contributed by atoms with E-state index in [4.69, 9.17) is 4.52 Å². The minimum Gasteiger partial charge on any atom is -0.359 e. The van der Waals surface area contributed by atoms with Crippen LogP contribution in [0.1, 0.15) is 37.6 Å². The van der Waals surface area contributed by atoms with Gasteiger partial charge in [0.05, 0.1) is 12.2 Å². The van der Waals surface area contributed by atoms with Gasteiger partial charge in [-0.1, -0.05) is 37.2 Å². The molecule has 0 radical (unpaired) electrons. The first-order valence-electron chi connectivity index (χ1n) is 9.11. The third-order valence-electron chi connectivity index (χ3n) is 4.37. The molecule has 0 spiro atoms. The van der Waals surface area contributed by atoms with Crippen molar-refractivity contribution in [2.24, 2.45) is 4.99 Å². The van der Waals surface area contributed by atoms with Gasteiger partial charge in [-0.25, -0.2) is 0 Å². The standard InChI is InChI=1S/C20H27N5O/c1-15(2)18-13-17(26-24-18)14-23-20(21-3)22-10-6-11-25-12-9-16-7-4-5-8-19(16)25/h4-5,7-9,12-13,15H,6,10-11,14H2,1-3H3,(H2,21,22,23). The number of aliphatic imine (C=N–C) groups is 1. The van der Waals surface area contributed by atoms with Crippen LogP contribution in [0.25, 0.3) is 10.9 Å². The van der Waals surface area contributed by atoms with E-state index in [1.54, 1.807) is 7.05 Å². The Balaban J connectivity index is 1.42. The molecular weight excluding hydrogens is 326 g/mol. The molecule has 0 bridgehead atoms. The first kappa shape index (κ1) is 18.0. The van der Waals surface area contributed by atoms with Gasteiger partial charge in [-0.2, -0.15) is 0 Å². The molecule has 0 saturated carbocycles.